The molecule has 0 aliphatic carbocycles. The highest BCUT2D eigenvalue weighted by Crippen LogP contribution is 2.33. The minimum absolute atomic E-state index is 0.261. The molecule has 0 bridgehead atoms. The lowest BCUT2D eigenvalue weighted by Crippen LogP contribution is -2.18. The molecule has 0 unspecified atom stereocenters. The van der Waals surface area contributed by atoms with Gasteiger partial charge < -0.3 is 4.74 Å². The van der Waals surface area contributed by atoms with Crippen LogP contribution in [0.3, 0.4) is 0 Å². The molecule has 0 atom stereocenters. The lowest BCUT2D eigenvalue weighted by atomic mass is 9.82. The summed E-state index contributed by atoms with van der Waals surface area (Å²) in [6, 6.07) is 0. The normalized spacial score (nSPS) is 17.8. The Morgan fingerprint density at radius 3 is 2.33 bits per heavy atom. The smallest absolute Gasteiger partial charge is 0.342 e. The molecule has 0 saturated carbocycles. The van der Waals surface area contributed by atoms with E-state index in [-0.39, 0.29) is 5.41 Å². The van der Waals surface area contributed by atoms with Crippen LogP contribution in [0.25, 0.3) is 0 Å². The third-order valence-electron chi connectivity index (χ3n) is 2.29. The van der Waals surface area contributed by atoms with Crippen molar-refractivity contribution < 1.29 is 14.3 Å². The van der Waals surface area contributed by atoms with E-state index in [4.69, 9.17) is 0 Å². The van der Waals surface area contributed by atoms with Gasteiger partial charge in [-0.15, -0.1) is 0 Å². The van der Waals surface area contributed by atoms with E-state index in [1.165, 1.54) is 6.08 Å². The average molecular weight is 168 g/mol. The van der Waals surface area contributed by atoms with Crippen LogP contribution in [-0.4, -0.2) is 11.9 Å². The molecule has 0 aromatic carbocycles. The fraction of sp³-hybridized carbons (Fsp3) is 0.556. The molecule has 0 aromatic rings. The predicted octanol–water partition coefficient (Wildman–Crippen LogP) is 1.43. The van der Waals surface area contributed by atoms with E-state index in [0.29, 0.717) is 5.57 Å². The van der Waals surface area contributed by atoms with Gasteiger partial charge in [0.2, 0.25) is 0 Å². The molecule has 0 aromatic heterocycles. The quantitative estimate of drug-likeness (QED) is 0.462. The second kappa shape index (κ2) is 2.73. The maximum absolute atomic E-state index is 11.1. The Kier molecular flexibility index (Phi) is 2.04. The van der Waals surface area contributed by atoms with Crippen LogP contribution < -0.4 is 0 Å². The Bertz CT molecular complexity index is 261. The molecule has 0 saturated heterocycles. The zero-order chi connectivity index (χ0) is 9.35. The molecular formula is C9H12O3. The molecule has 0 amide bonds. The summed E-state index contributed by atoms with van der Waals surface area (Å²) in [6.07, 6.45) is 2.09. The van der Waals surface area contributed by atoms with Crippen molar-refractivity contribution in [1.82, 2.24) is 0 Å². The molecule has 12 heavy (non-hydrogen) atoms. The highest BCUT2D eigenvalue weighted by molar-refractivity contribution is 6.09. The van der Waals surface area contributed by atoms with E-state index in [1.54, 1.807) is 0 Å². The Labute approximate surface area is 71.4 Å². The van der Waals surface area contributed by atoms with E-state index >= 15 is 0 Å². The summed E-state index contributed by atoms with van der Waals surface area (Å²) < 4.78 is 4.39. The Morgan fingerprint density at radius 2 is 2.00 bits per heavy atom. The van der Waals surface area contributed by atoms with Crippen LogP contribution in [0.15, 0.2) is 11.6 Å². The summed E-state index contributed by atoms with van der Waals surface area (Å²) in [5, 5.41) is 0. The fourth-order valence-corrected chi connectivity index (χ4v) is 1.01. The van der Waals surface area contributed by atoms with Gasteiger partial charge in [0.15, 0.2) is 0 Å². The zero-order valence-corrected chi connectivity index (χ0v) is 7.51. The molecule has 1 aliphatic heterocycles. The predicted molar refractivity (Wildman–Crippen MR) is 43.3 cm³/mol. The van der Waals surface area contributed by atoms with Gasteiger partial charge in [-0.05, 0) is 11.8 Å². The summed E-state index contributed by atoms with van der Waals surface area (Å²) in [5.74, 6) is -1.04. The molecular weight excluding hydrogens is 156 g/mol. The Hall–Kier alpha value is -1.12. The van der Waals surface area contributed by atoms with E-state index in [0.717, 1.165) is 6.42 Å². The molecule has 66 valence electrons. The van der Waals surface area contributed by atoms with Crippen LogP contribution in [0.1, 0.15) is 27.2 Å². The molecule has 0 spiro atoms. The summed E-state index contributed by atoms with van der Waals surface area (Å²) in [4.78, 5) is 21.8. The van der Waals surface area contributed by atoms with Crippen molar-refractivity contribution in [2.75, 3.05) is 0 Å². The van der Waals surface area contributed by atoms with Crippen LogP contribution in [0.4, 0.5) is 0 Å². The fourth-order valence-electron chi connectivity index (χ4n) is 1.01. The molecule has 1 heterocycles. The third kappa shape index (κ3) is 1.40. The number of ether oxygens (including phenoxy) is 1. The topological polar surface area (TPSA) is 43.4 Å². The van der Waals surface area contributed by atoms with E-state index in [2.05, 4.69) is 4.74 Å². The summed E-state index contributed by atoms with van der Waals surface area (Å²) in [5.41, 5.74) is 0.221. The first-order valence-corrected chi connectivity index (χ1v) is 3.95. The number of carbonyl (C=O) groups excluding carboxylic acids is 2. The lowest BCUT2D eigenvalue weighted by Gasteiger charge is -2.21. The van der Waals surface area contributed by atoms with Gasteiger partial charge in [-0.2, -0.15) is 0 Å². The highest BCUT2D eigenvalue weighted by Gasteiger charge is 2.34. The Balaban J connectivity index is 2.96. The first-order valence-electron chi connectivity index (χ1n) is 3.95. The third-order valence-corrected chi connectivity index (χ3v) is 2.29. The summed E-state index contributed by atoms with van der Waals surface area (Å²) in [7, 11) is 0. The van der Waals surface area contributed by atoms with Gasteiger partial charge in [-0.1, -0.05) is 20.8 Å². The van der Waals surface area contributed by atoms with Gasteiger partial charge in [0.05, 0.1) is 5.57 Å². The SMILES string of the molecule is CCC(C)(C)C1=CC(=O)OC1=O. The second-order valence-electron chi connectivity index (χ2n) is 3.50. The van der Waals surface area contributed by atoms with Gasteiger partial charge in [0, 0.05) is 6.08 Å². The molecule has 3 heteroatoms. The molecule has 1 rings (SSSR count). The summed E-state index contributed by atoms with van der Waals surface area (Å²) >= 11 is 0. The number of carbonyl (C=O) groups is 2. The van der Waals surface area contributed by atoms with Crippen molar-refractivity contribution in [2.45, 2.75) is 27.2 Å². The zero-order valence-electron chi connectivity index (χ0n) is 7.51. The molecule has 0 fully saturated rings. The van der Waals surface area contributed by atoms with Crippen molar-refractivity contribution in [3.05, 3.63) is 11.6 Å². The minimum Gasteiger partial charge on any atom is -0.386 e. The maximum atomic E-state index is 11.1. The standard InChI is InChI=1S/C9H12O3/c1-4-9(2,3)6-5-7(10)12-8(6)11/h5H,4H2,1-3H3. The number of esters is 2. The van der Waals surface area contributed by atoms with Crippen molar-refractivity contribution in [2.24, 2.45) is 5.41 Å². The van der Waals surface area contributed by atoms with Crippen molar-refractivity contribution in [3.8, 4) is 0 Å². The van der Waals surface area contributed by atoms with Crippen LogP contribution in [-0.2, 0) is 14.3 Å². The van der Waals surface area contributed by atoms with Gasteiger partial charge in [0.1, 0.15) is 0 Å². The van der Waals surface area contributed by atoms with Crippen molar-refractivity contribution in [1.29, 1.82) is 0 Å². The van der Waals surface area contributed by atoms with Gasteiger partial charge in [0.25, 0.3) is 0 Å². The van der Waals surface area contributed by atoms with Crippen LogP contribution in [0.2, 0.25) is 0 Å². The molecule has 1 aliphatic rings. The highest BCUT2D eigenvalue weighted by atomic mass is 16.6. The van der Waals surface area contributed by atoms with Crippen LogP contribution in [0.5, 0.6) is 0 Å². The molecule has 3 nitrogen and oxygen atoms in total. The monoisotopic (exact) mass is 168 g/mol. The number of hydrogen-bond acceptors (Lipinski definition) is 3. The van der Waals surface area contributed by atoms with E-state index < -0.39 is 11.9 Å². The minimum atomic E-state index is -0.545. The number of rotatable bonds is 2. The number of cyclic esters (lactones) is 2. The first kappa shape index (κ1) is 8.97. The average Bonchev–Trinajstić information content (AvgIpc) is 2.31. The molecule has 0 radical (unpaired) electrons. The maximum Gasteiger partial charge on any atom is 0.342 e. The van der Waals surface area contributed by atoms with Crippen molar-refractivity contribution >= 4 is 11.9 Å². The number of hydrogen-bond donors (Lipinski definition) is 0. The largest absolute Gasteiger partial charge is 0.386 e. The molecule has 0 N–H and O–H groups in total. The summed E-state index contributed by atoms with van der Waals surface area (Å²) in [6.45, 7) is 5.80. The van der Waals surface area contributed by atoms with Gasteiger partial charge >= 0.3 is 11.9 Å². The van der Waals surface area contributed by atoms with Crippen molar-refractivity contribution in [3.63, 3.8) is 0 Å². The van der Waals surface area contributed by atoms with E-state index in [1.807, 2.05) is 20.8 Å². The Morgan fingerprint density at radius 1 is 1.42 bits per heavy atom. The second-order valence-corrected chi connectivity index (χ2v) is 3.50. The first-order chi connectivity index (χ1) is 5.47. The lowest BCUT2D eigenvalue weighted by molar-refractivity contribution is -0.151. The van der Waals surface area contributed by atoms with E-state index in [9.17, 15) is 9.59 Å². The van der Waals surface area contributed by atoms with Gasteiger partial charge in [-0.3, -0.25) is 0 Å². The van der Waals surface area contributed by atoms with Crippen LogP contribution in [0, 0.1) is 5.41 Å². The van der Waals surface area contributed by atoms with Crippen LogP contribution >= 0.6 is 0 Å². The van der Waals surface area contributed by atoms with Gasteiger partial charge in [-0.25, -0.2) is 9.59 Å².